The molecule has 0 saturated heterocycles. The molecule has 568 valence electrons. The number of aromatic nitrogens is 12. The quantitative estimate of drug-likeness (QED) is 0.0323. The average molecular weight is 1560 g/mol. The van der Waals surface area contributed by atoms with E-state index in [-0.39, 0.29) is 97.1 Å². The Balaban J connectivity index is 0.856. The second-order valence-corrected chi connectivity index (χ2v) is 33.4. The molecule has 0 bridgehead atoms. The minimum atomic E-state index is -1.79. The van der Waals surface area contributed by atoms with Gasteiger partial charge in [0.15, 0.2) is 0 Å². The predicted octanol–water partition coefficient (Wildman–Crippen LogP) is 16.2. The molecule has 0 fully saturated rings. The topological polar surface area (TPSA) is 309 Å². The molecule has 109 heavy (non-hydrogen) atoms. The standard InChI is InChI=1S/C81H84Cl4N12O12/c1-77(2,3)53-29-45(33-65(73(53)102)94-86-57-21-17-49(82)37-61(57)90-94)13-25-69(98)106-41-81(42-107-70(99)26-14-46-30-54(78(4,5)6)74(103)66(34-46)95-87-58-22-18-50(83)38-62(58)91-95,43-108-71(100)27-15-47-31-55(79(7,8)9)75(104)67(35-47)96-88-59-23-19-51(84)39-63(59)92-96)44-109-72(101)28-16-48-32-56(80(10,11)12)76(105)68(36-48)97-89-60-24-20-52(85)40-64(60)93-97/h17-24,29-40,102-105H,13-16,25-28,41-44H2,1-12H3. The first-order valence-corrected chi connectivity index (χ1v) is 37.0. The van der Waals surface area contributed by atoms with E-state index in [1.807, 2.05) is 83.1 Å². The SMILES string of the molecule is CC(C)(C)c1cc(CCC(=O)OCC(COC(=O)CCc2cc(-n3nc4ccc(Cl)cc4n3)c(O)c(C(C)(C)C)c2)(COC(=O)CCc2cc(-n3nc4ccc(Cl)cc4n3)c(O)c(C(C)(C)C)c2)COC(=O)CCc2cc(-n3nc4ccc(Cl)cc4n3)c(O)c(C(C)(C)C)c2)cc(-n2nc3ccc(Cl)cc3n2)c1O. The largest absolute Gasteiger partial charge is 0.505 e. The van der Waals surface area contributed by atoms with E-state index in [0.29, 0.717) is 109 Å². The number of phenols is 4. The molecule has 12 aromatic rings. The van der Waals surface area contributed by atoms with E-state index in [1.165, 1.54) is 19.2 Å². The molecule has 8 aromatic carbocycles. The fourth-order valence-electron chi connectivity index (χ4n) is 12.6. The number of fused-ring (bicyclic) bond motifs is 4. The molecule has 4 heterocycles. The van der Waals surface area contributed by atoms with Crippen LogP contribution in [0, 0.1) is 5.41 Å². The number of hydrogen-bond acceptors (Lipinski definition) is 20. The van der Waals surface area contributed by atoms with Gasteiger partial charge in [-0.05, 0) is 167 Å². The first-order chi connectivity index (χ1) is 51.3. The Bertz CT molecular complexity index is 4850. The minimum absolute atomic E-state index is 0.0645. The average Bonchev–Trinajstić information content (AvgIpc) is 1.75. The van der Waals surface area contributed by atoms with Crippen LogP contribution in [-0.4, -0.2) is 131 Å². The van der Waals surface area contributed by atoms with E-state index in [2.05, 4.69) is 40.8 Å². The maximum atomic E-state index is 14.5. The van der Waals surface area contributed by atoms with Gasteiger partial charge in [0.25, 0.3) is 0 Å². The van der Waals surface area contributed by atoms with E-state index < -0.39 is 77.4 Å². The van der Waals surface area contributed by atoms with Crippen molar-refractivity contribution in [3.05, 3.63) is 186 Å². The van der Waals surface area contributed by atoms with Gasteiger partial charge in [-0.3, -0.25) is 19.2 Å². The van der Waals surface area contributed by atoms with Gasteiger partial charge in [-0.25, -0.2) is 0 Å². The van der Waals surface area contributed by atoms with Gasteiger partial charge >= 0.3 is 23.9 Å². The molecule has 0 spiro atoms. The maximum Gasteiger partial charge on any atom is 0.306 e. The summed E-state index contributed by atoms with van der Waals surface area (Å²) in [5.41, 5.74) is 5.62. The van der Waals surface area contributed by atoms with Crippen molar-refractivity contribution >= 4 is 114 Å². The molecular weight excluding hydrogens is 1470 g/mol. The van der Waals surface area contributed by atoms with Crippen LogP contribution in [0.1, 0.15) is 153 Å². The Morgan fingerprint density at radius 3 is 0.688 bits per heavy atom. The third-order valence-electron chi connectivity index (χ3n) is 18.7. The normalized spacial score (nSPS) is 12.4. The number of carbonyl (C=O) groups excluding carboxylic acids is 4. The molecule has 24 nitrogen and oxygen atoms in total. The Morgan fingerprint density at radius 2 is 0.495 bits per heavy atom. The Morgan fingerprint density at radius 1 is 0.303 bits per heavy atom. The number of benzene rings is 8. The van der Waals surface area contributed by atoms with Crippen molar-refractivity contribution in [1.82, 2.24) is 60.0 Å². The van der Waals surface area contributed by atoms with Gasteiger partial charge in [0.05, 0.1) is 0 Å². The summed E-state index contributed by atoms with van der Waals surface area (Å²) in [6, 6.07) is 34.2. The number of aryl methyl sites for hydroxylation is 4. The lowest BCUT2D eigenvalue weighted by atomic mass is 9.84. The smallest absolute Gasteiger partial charge is 0.306 e. The number of carbonyl (C=O) groups is 4. The van der Waals surface area contributed by atoms with Crippen LogP contribution < -0.4 is 0 Å². The van der Waals surface area contributed by atoms with Gasteiger partial charge in [-0.15, -0.1) is 60.0 Å². The van der Waals surface area contributed by atoms with Crippen LogP contribution in [0.3, 0.4) is 0 Å². The molecule has 0 amide bonds. The molecule has 4 aromatic heterocycles. The van der Waals surface area contributed by atoms with Gasteiger partial charge in [0, 0.05) is 68.0 Å². The molecule has 0 atom stereocenters. The molecule has 0 aliphatic heterocycles. The zero-order chi connectivity index (χ0) is 78.4. The number of ether oxygens (including phenoxy) is 4. The van der Waals surface area contributed by atoms with Crippen LogP contribution in [0.25, 0.3) is 66.9 Å². The summed E-state index contributed by atoms with van der Waals surface area (Å²) in [6.07, 6.45) is -0.605. The summed E-state index contributed by atoms with van der Waals surface area (Å²) in [4.78, 5) is 63.4. The van der Waals surface area contributed by atoms with Crippen molar-refractivity contribution in [3.63, 3.8) is 0 Å². The van der Waals surface area contributed by atoms with Crippen molar-refractivity contribution in [1.29, 1.82) is 0 Å². The predicted molar refractivity (Wildman–Crippen MR) is 417 cm³/mol. The fraction of sp³-hybridized carbons (Fsp3) is 0.358. The molecule has 0 radical (unpaired) electrons. The first kappa shape index (κ1) is 78.2. The molecule has 0 unspecified atom stereocenters. The van der Waals surface area contributed by atoms with Crippen LogP contribution in [0.15, 0.2) is 121 Å². The van der Waals surface area contributed by atoms with Crippen LogP contribution in [-0.2, 0) is 85.5 Å². The molecule has 4 N–H and O–H groups in total. The third-order valence-corrected chi connectivity index (χ3v) is 19.6. The van der Waals surface area contributed by atoms with Crippen molar-refractivity contribution in [2.45, 2.75) is 156 Å². The maximum absolute atomic E-state index is 14.5. The van der Waals surface area contributed by atoms with Crippen molar-refractivity contribution in [2.24, 2.45) is 5.41 Å². The summed E-state index contributed by atoms with van der Waals surface area (Å²) in [5.74, 6) is -3.21. The second-order valence-electron chi connectivity index (χ2n) is 31.7. The van der Waals surface area contributed by atoms with Crippen molar-refractivity contribution < 1.29 is 58.6 Å². The Kier molecular flexibility index (Phi) is 22.2. The molecule has 0 aliphatic rings. The van der Waals surface area contributed by atoms with Gasteiger partial charge in [-0.1, -0.05) is 154 Å². The lowest BCUT2D eigenvalue weighted by Crippen LogP contribution is -2.44. The number of aromatic hydroxyl groups is 4. The number of rotatable bonds is 24. The van der Waals surface area contributed by atoms with E-state index in [1.54, 1.807) is 121 Å². The number of phenolic OH excluding ortho intramolecular Hbond substituents is 4. The molecule has 28 heteroatoms. The monoisotopic (exact) mass is 1560 g/mol. The highest BCUT2D eigenvalue weighted by Crippen LogP contribution is 2.42. The second kappa shape index (κ2) is 30.9. The van der Waals surface area contributed by atoms with E-state index in [9.17, 15) is 39.6 Å². The molecule has 12 rings (SSSR count). The van der Waals surface area contributed by atoms with Crippen molar-refractivity contribution in [3.8, 4) is 45.7 Å². The molecule has 0 saturated carbocycles. The zero-order valence-electron chi connectivity index (χ0n) is 62.5. The van der Waals surface area contributed by atoms with Crippen LogP contribution >= 0.6 is 46.4 Å². The first-order valence-electron chi connectivity index (χ1n) is 35.5. The zero-order valence-corrected chi connectivity index (χ0v) is 65.5. The fourth-order valence-corrected chi connectivity index (χ4v) is 13.3. The van der Waals surface area contributed by atoms with Crippen molar-refractivity contribution in [2.75, 3.05) is 26.4 Å². The number of halogens is 4. The van der Waals surface area contributed by atoms with Gasteiger partial charge < -0.3 is 39.4 Å². The lowest BCUT2D eigenvalue weighted by molar-refractivity contribution is -0.170. The Labute approximate surface area is 648 Å². The van der Waals surface area contributed by atoms with Crippen LogP contribution in [0.5, 0.6) is 23.0 Å². The summed E-state index contributed by atoms with van der Waals surface area (Å²) < 4.78 is 24.7. The van der Waals surface area contributed by atoms with Gasteiger partial charge in [0.1, 0.15) is 122 Å². The number of esters is 4. The van der Waals surface area contributed by atoms with Gasteiger partial charge in [0.2, 0.25) is 0 Å². The number of nitrogens with zero attached hydrogens (tertiary/aromatic N) is 12. The Hall–Kier alpha value is -10.4. The van der Waals surface area contributed by atoms with Crippen LogP contribution in [0.4, 0.5) is 0 Å². The summed E-state index contributed by atoms with van der Waals surface area (Å²) in [7, 11) is 0. The highest BCUT2D eigenvalue weighted by atomic mass is 35.5. The summed E-state index contributed by atoms with van der Waals surface area (Å²) >= 11 is 25.3. The molecular formula is C81H84Cl4N12O12. The third kappa shape index (κ3) is 18.2. The van der Waals surface area contributed by atoms with E-state index >= 15 is 0 Å². The summed E-state index contributed by atoms with van der Waals surface area (Å²) in [6.45, 7) is 20.7. The molecule has 0 aliphatic carbocycles. The minimum Gasteiger partial charge on any atom is -0.505 e. The lowest BCUT2D eigenvalue weighted by Gasteiger charge is -2.31. The van der Waals surface area contributed by atoms with E-state index in [0.717, 1.165) is 0 Å². The number of hydrogen-bond donors (Lipinski definition) is 4. The van der Waals surface area contributed by atoms with E-state index in [4.69, 9.17) is 65.4 Å². The highest BCUT2D eigenvalue weighted by molar-refractivity contribution is 6.32. The highest BCUT2D eigenvalue weighted by Gasteiger charge is 2.39. The summed E-state index contributed by atoms with van der Waals surface area (Å²) in [5, 5.41) is 85.9. The van der Waals surface area contributed by atoms with Crippen LogP contribution in [0.2, 0.25) is 20.1 Å². The van der Waals surface area contributed by atoms with Gasteiger partial charge in [-0.2, -0.15) is 0 Å².